The second-order valence-corrected chi connectivity index (χ2v) is 4.48. The van der Waals surface area contributed by atoms with E-state index in [0.29, 0.717) is 22.7 Å². The van der Waals surface area contributed by atoms with Gasteiger partial charge >= 0.3 is 0 Å². The summed E-state index contributed by atoms with van der Waals surface area (Å²) in [6.07, 6.45) is 0. The highest BCUT2D eigenvalue weighted by atomic mass is 16.2. The summed E-state index contributed by atoms with van der Waals surface area (Å²) in [6.45, 7) is 3.64. The average molecular weight is 255 g/mol. The van der Waals surface area contributed by atoms with Crippen molar-refractivity contribution in [2.45, 2.75) is 13.8 Å². The van der Waals surface area contributed by atoms with Gasteiger partial charge in [0.05, 0.1) is 11.0 Å². The number of carbonyl (C=O) groups excluding carboxylic acids is 1. The average Bonchev–Trinajstić information content (AvgIpc) is 2.91. The van der Waals surface area contributed by atoms with Crippen molar-refractivity contribution in [3.8, 4) is 0 Å². The predicted octanol–water partition coefficient (Wildman–Crippen LogP) is 1.65. The number of benzene rings is 1. The van der Waals surface area contributed by atoms with Crippen LogP contribution >= 0.6 is 0 Å². The first-order valence-corrected chi connectivity index (χ1v) is 5.87. The molecule has 0 amide bonds. The highest BCUT2D eigenvalue weighted by molar-refractivity contribution is 6.00. The van der Waals surface area contributed by atoms with Gasteiger partial charge in [-0.2, -0.15) is 5.10 Å². The number of aromatic amines is 1. The van der Waals surface area contributed by atoms with Crippen molar-refractivity contribution in [2.75, 3.05) is 5.73 Å². The van der Waals surface area contributed by atoms with Crippen molar-refractivity contribution in [3.63, 3.8) is 0 Å². The zero-order valence-corrected chi connectivity index (χ0v) is 10.6. The smallest absolute Gasteiger partial charge is 0.284 e. The summed E-state index contributed by atoms with van der Waals surface area (Å²) in [5.74, 6) is 0.417. The summed E-state index contributed by atoms with van der Waals surface area (Å²) < 4.78 is 1.55. The Labute approximate surface area is 109 Å². The van der Waals surface area contributed by atoms with E-state index in [1.54, 1.807) is 35.8 Å². The first-order chi connectivity index (χ1) is 9.06. The molecule has 0 aliphatic heterocycles. The number of aryl methyl sites for hydroxylation is 2. The van der Waals surface area contributed by atoms with Gasteiger partial charge in [0.1, 0.15) is 5.82 Å². The van der Waals surface area contributed by atoms with E-state index >= 15 is 0 Å². The summed E-state index contributed by atoms with van der Waals surface area (Å²) in [7, 11) is 0. The largest absolute Gasteiger partial charge is 0.399 e. The number of carbonyl (C=O) groups is 1. The van der Waals surface area contributed by atoms with Crippen LogP contribution < -0.4 is 5.73 Å². The van der Waals surface area contributed by atoms with E-state index in [-0.39, 0.29) is 5.91 Å². The van der Waals surface area contributed by atoms with Crippen LogP contribution in [0, 0.1) is 13.8 Å². The molecule has 1 aromatic carbocycles. The van der Waals surface area contributed by atoms with Gasteiger partial charge in [-0.1, -0.05) is 0 Å². The molecule has 0 radical (unpaired) electrons. The standard InChI is InChI=1S/C13H13N5O/c1-7-5-11(17-16-7)13(19)18-8(2)15-10-6-9(14)3-4-12(10)18/h3-6H,14H2,1-2H3,(H,16,17). The molecule has 0 aliphatic carbocycles. The van der Waals surface area contributed by atoms with Crippen molar-refractivity contribution in [1.29, 1.82) is 0 Å². The van der Waals surface area contributed by atoms with Crippen LogP contribution in [0.2, 0.25) is 0 Å². The third-order valence-corrected chi connectivity index (χ3v) is 2.97. The van der Waals surface area contributed by atoms with Gasteiger partial charge < -0.3 is 5.73 Å². The number of fused-ring (bicyclic) bond motifs is 1. The number of nitrogens with zero attached hydrogens (tertiary/aromatic N) is 3. The number of nitrogens with two attached hydrogens (primary N) is 1. The van der Waals surface area contributed by atoms with E-state index < -0.39 is 0 Å². The lowest BCUT2D eigenvalue weighted by molar-refractivity contribution is 0.0957. The van der Waals surface area contributed by atoms with Gasteiger partial charge in [0, 0.05) is 11.4 Å². The lowest BCUT2D eigenvalue weighted by Gasteiger charge is -2.02. The van der Waals surface area contributed by atoms with E-state index in [1.165, 1.54) is 0 Å². The monoisotopic (exact) mass is 255 g/mol. The first kappa shape index (κ1) is 11.5. The summed E-state index contributed by atoms with van der Waals surface area (Å²) in [5.41, 5.74) is 9.00. The highest BCUT2D eigenvalue weighted by Gasteiger charge is 2.18. The fourth-order valence-corrected chi connectivity index (χ4v) is 2.12. The molecule has 0 fully saturated rings. The number of imidazole rings is 1. The van der Waals surface area contributed by atoms with Crippen molar-refractivity contribution in [1.82, 2.24) is 19.7 Å². The third kappa shape index (κ3) is 1.77. The topological polar surface area (TPSA) is 89.6 Å². The minimum atomic E-state index is -0.200. The van der Waals surface area contributed by atoms with Crippen LogP contribution in [0.1, 0.15) is 22.0 Å². The molecular weight excluding hydrogens is 242 g/mol. The van der Waals surface area contributed by atoms with Crippen LogP contribution in [0.5, 0.6) is 0 Å². The van der Waals surface area contributed by atoms with Crippen LogP contribution in [0.25, 0.3) is 11.0 Å². The molecule has 0 saturated carbocycles. The number of anilines is 1. The Bertz CT molecular complexity index is 784. The maximum atomic E-state index is 12.4. The lowest BCUT2D eigenvalue weighted by atomic mass is 10.2. The Kier molecular flexibility index (Phi) is 2.38. The molecule has 2 heterocycles. The lowest BCUT2D eigenvalue weighted by Crippen LogP contribution is -2.14. The zero-order chi connectivity index (χ0) is 13.6. The molecule has 6 nitrogen and oxygen atoms in total. The van der Waals surface area contributed by atoms with Crippen molar-refractivity contribution >= 4 is 22.6 Å². The molecular formula is C13H13N5O. The van der Waals surface area contributed by atoms with E-state index in [2.05, 4.69) is 15.2 Å². The Hall–Kier alpha value is -2.63. The molecule has 6 heteroatoms. The van der Waals surface area contributed by atoms with Crippen molar-refractivity contribution in [3.05, 3.63) is 41.5 Å². The molecule has 3 rings (SSSR count). The maximum absolute atomic E-state index is 12.4. The van der Waals surface area contributed by atoms with E-state index in [4.69, 9.17) is 5.73 Å². The second kappa shape index (κ2) is 3.94. The quantitative estimate of drug-likeness (QED) is 0.647. The Morgan fingerprint density at radius 3 is 2.79 bits per heavy atom. The molecule has 96 valence electrons. The summed E-state index contributed by atoms with van der Waals surface area (Å²) in [4.78, 5) is 16.8. The number of nitrogens with one attached hydrogen (secondary N) is 1. The van der Waals surface area contributed by atoms with Crippen LogP contribution in [-0.2, 0) is 0 Å². The van der Waals surface area contributed by atoms with Crippen molar-refractivity contribution < 1.29 is 4.79 Å². The van der Waals surface area contributed by atoms with Gasteiger partial charge in [0.25, 0.3) is 5.91 Å². The molecule has 3 N–H and O–H groups in total. The van der Waals surface area contributed by atoms with Gasteiger partial charge in [-0.25, -0.2) is 4.98 Å². The second-order valence-electron chi connectivity index (χ2n) is 4.48. The van der Waals surface area contributed by atoms with Gasteiger partial charge in [-0.05, 0) is 38.1 Å². The first-order valence-electron chi connectivity index (χ1n) is 5.87. The normalized spacial score (nSPS) is 11.1. The summed E-state index contributed by atoms with van der Waals surface area (Å²) >= 11 is 0. The SMILES string of the molecule is Cc1cc(C(=O)n2c(C)nc3cc(N)ccc32)n[nH]1. The number of aromatic nitrogens is 4. The molecule has 0 spiro atoms. The third-order valence-electron chi connectivity index (χ3n) is 2.97. The van der Waals surface area contributed by atoms with Gasteiger partial charge in [-0.3, -0.25) is 14.5 Å². The minimum Gasteiger partial charge on any atom is -0.399 e. The number of rotatable bonds is 1. The number of nitrogen functional groups attached to an aromatic ring is 1. The molecule has 0 unspecified atom stereocenters. The molecule has 0 aliphatic rings. The van der Waals surface area contributed by atoms with Crippen LogP contribution in [0.4, 0.5) is 5.69 Å². The molecule has 2 aromatic heterocycles. The molecule has 0 bridgehead atoms. The Morgan fingerprint density at radius 1 is 1.32 bits per heavy atom. The molecule has 0 saturated heterocycles. The van der Waals surface area contributed by atoms with Gasteiger partial charge in [0.15, 0.2) is 5.69 Å². The fraction of sp³-hybridized carbons (Fsp3) is 0.154. The Balaban J connectivity index is 2.19. The molecule has 0 atom stereocenters. The number of H-pyrrole nitrogens is 1. The van der Waals surface area contributed by atoms with E-state index in [1.807, 2.05) is 6.92 Å². The molecule has 3 aromatic rings. The number of hydrogen-bond donors (Lipinski definition) is 2. The van der Waals surface area contributed by atoms with Gasteiger partial charge in [0.2, 0.25) is 0 Å². The van der Waals surface area contributed by atoms with Gasteiger partial charge in [-0.15, -0.1) is 0 Å². The molecule has 19 heavy (non-hydrogen) atoms. The Morgan fingerprint density at radius 2 is 2.11 bits per heavy atom. The van der Waals surface area contributed by atoms with E-state index in [9.17, 15) is 4.79 Å². The van der Waals surface area contributed by atoms with Crippen LogP contribution in [-0.4, -0.2) is 25.7 Å². The maximum Gasteiger partial charge on any atom is 0.284 e. The van der Waals surface area contributed by atoms with Crippen LogP contribution in [0.15, 0.2) is 24.3 Å². The summed E-state index contributed by atoms with van der Waals surface area (Å²) in [5, 5.41) is 6.75. The number of hydrogen-bond acceptors (Lipinski definition) is 4. The van der Waals surface area contributed by atoms with E-state index in [0.717, 1.165) is 11.2 Å². The zero-order valence-electron chi connectivity index (χ0n) is 10.6. The highest BCUT2D eigenvalue weighted by Crippen LogP contribution is 2.19. The minimum absolute atomic E-state index is 0.200. The fourth-order valence-electron chi connectivity index (χ4n) is 2.12. The summed E-state index contributed by atoms with van der Waals surface area (Å²) in [6, 6.07) is 7.01. The van der Waals surface area contributed by atoms with Crippen LogP contribution in [0.3, 0.4) is 0 Å². The van der Waals surface area contributed by atoms with Crippen molar-refractivity contribution in [2.24, 2.45) is 0 Å². The predicted molar refractivity (Wildman–Crippen MR) is 71.9 cm³/mol.